The Bertz CT molecular complexity index is 464. The van der Waals surface area contributed by atoms with Gasteiger partial charge in [-0.25, -0.2) is 0 Å². The molecule has 70 valence electrons. The maximum atomic E-state index is 2.24. The van der Waals surface area contributed by atoms with Gasteiger partial charge in [0.05, 0.1) is 4.88 Å². The molecule has 0 saturated carbocycles. The lowest BCUT2D eigenvalue weighted by molar-refractivity contribution is 1.54. The topological polar surface area (TPSA) is 0 Å². The average molecular weight is 254 g/mol. The number of rotatable bonds is 1. The van der Waals surface area contributed by atoms with Crippen molar-refractivity contribution in [1.82, 2.24) is 0 Å². The summed E-state index contributed by atoms with van der Waals surface area (Å²) in [6.45, 7) is 0. The predicted octanol–water partition coefficient (Wildman–Crippen LogP) is 5.20. The molecule has 1 aliphatic rings. The average Bonchev–Trinajstić information content (AvgIpc) is 2.85. The van der Waals surface area contributed by atoms with Gasteiger partial charge in [0, 0.05) is 16.0 Å². The second kappa shape index (κ2) is 3.77. The van der Waals surface area contributed by atoms with E-state index in [2.05, 4.69) is 33.7 Å². The normalized spacial score (nSPS) is 14.3. The molecule has 0 N–H and O–H groups in total. The fraction of sp³-hybridized carbons (Fsp3) is 0. The van der Waals surface area contributed by atoms with Crippen molar-refractivity contribution in [3.05, 3.63) is 33.2 Å². The van der Waals surface area contributed by atoms with Gasteiger partial charge >= 0.3 is 0 Å². The van der Waals surface area contributed by atoms with E-state index in [1.807, 2.05) is 22.1 Å². The van der Waals surface area contributed by atoms with Crippen LogP contribution < -0.4 is 0 Å². The minimum atomic E-state index is 1.37. The first-order valence-electron chi connectivity index (χ1n) is 4.09. The Kier molecular flexibility index (Phi) is 2.45. The van der Waals surface area contributed by atoms with E-state index >= 15 is 0 Å². The van der Waals surface area contributed by atoms with E-state index in [1.165, 1.54) is 20.9 Å². The quantitative estimate of drug-likeness (QED) is 0.641. The maximum Gasteiger partial charge on any atom is 0.0502 e. The van der Waals surface area contributed by atoms with Crippen LogP contribution in [0.4, 0.5) is 0 Å². The fourth-order valence-corrected chi connectivity index (χ4v) is 5.42. The smallest absolute Gasteiger partial charge is 0.0502 e. The monoisotopic (exact) mass is 254 g/mol. The minimum absolute atomic E-state index is 1.37. The predicted molar refractivity (Wildman–Crippen MR) is 70.1 cm³/mol. The number of hydrogen-bond acceptors (Lipinski definition) is 4. The van der Waals surface area contributed by atoms with Gasteiger partial charge < -0.3 is 0 Å². The molecule has 0 unspecified atom stereocenters. The molecule has 2 aromatic rings. The van der Waals surface area contributed by atoms with E-state index in [0.717, 1.165) is 0 Å². The molecule has 0 aromatic carbocycles. The van der Waals surface area contributed by atoms with Crippen molar-refractivity contribution >= 4 is 50.3 Å². The van der Waals surface area contributed by atoms with E-state index in [4.69, 9.17) is 0 Å². The Balaban J connectivity index is 2.16. The van der Waals surface area contributed by atoms with Gasteiger partial charge in [-0.1, -0.05) is 21.6 Å². The molecule has 0 spiro atoms. The highest BCUT2D eigenvalue weighted by molar-refractivity contribution is 8.78. The summed E-state index contributed by atoms with van der Waals surface area (Å²) in [6.07, 6.45) is 2.20. The van der Waals surface area contributed by atoms with E-state index in [0.29, 0.717) is 0 Å². The first kappa shape index (κ1) is 9.09. The van der Waals surface area contributed by atoms with E-state index in [1.54, 1.807) is 22.1 Å². The van der Waals surface area contributed by atoms with Crippen molar-refractivity contribution in [2.75, 3.05) is 0 Å². The second-order valence-corrected chi connectivity index (χ2v) is 6.62. The molecule has 0 atom stereocenters. The molecule has 0 nitrogen and oxygen atoms in total. The molecule has 0 saturated heterocycles. The molecule has 3 rings (SSSR count). The van der Waals surface area contributed by atoms with Gasteiger partial charge in [0.2, 0.25) is 0 Å². The lowest BCUT2D eigenvalue weighted by Gasteiger charge is -2.05. The van der Waals surface area contributed by atoms with E-state index < -0.39 is 0 Å². The summed E-state index contributed by atoms with van der Waals surface area (Å²) in [5.41, 5.74) is 2.74. The summed E-state index contributed by atoms with van der Waals surface area (Å²) in [4.78, 5) is 2.85. The summed E-state index contributed by atoms with van der Waals surface area (Å²) in [7, 11) is 3.66. The van der Waals surface area contributed by atoms with Crippen LogP contribution in [0, 0.1) is 0 Å². The third-order valence-corrected chi connectivity index (χ3v) is 5.92. The number of thiophene rings is 2. The van der Waals surface area contributed by atoms with Crippen LogP contribution in [0.1, 0.15) is 5.56 Å². The molecular weight excluding hydrogens is 248 g/mol. The molecule has 14 heavy (non-hydrogen) atoms. The highest BCUT2D eigenvalue weighted by atomic mass is 33.1. The SMILES string of the molecule is C1=Cc2csc(-c3ccsc3)c2SS1. The maximum absolute atomic E-state index is 2.24. The Labute approximate surface area is 98.4 Å². The van der Waals surface area contributed by atoms with Gasteiger partial charge in [-0.15, -0.1) is 11.3 Å². The van der Waals surface area contributed by atoms with Crippen molar-refractivity contribution in [3.63, 3.8) is 0 Å². The fourth-order valence-electron chi connectivity index (χ4n) is 1.33. The van der Waals surface area contributed by atoms with Gasteiger partial charge in [-0.05, 0) is 33.7 Å². The van der Waals surface area contributed by atoms with Crippen molar-refractivity contribution < 1.29 is 0 Å². The number of hydrogen-bond donors (Lipinski definition) is 0. The van der Waals surface area contributed by atoms with Crippen molar-refractivity contribution in [2.45, 2.75) is 4.90 Å². The summed E-state index contributed by atoms with van der Waals surface area (Å²) in [5.74, 6) is 0. The summed E-state index contributed by atoms with van der Waals surface area (Å²) >= 11 is 3.61. The summed E-state index contributed by atoms with van der Waals surface area (Å²) in [6, 6.07) is 2.19. The van der Waals surface area contributed by atoms with Gasteiger partial charge in [-0.3, -0.25) is 0 Å². The first-order valence-corrected chi connectivity index (χ1v) is 8.12. The van der Waals surface area contributed by atoms with Crippen LogP contribution in [0.25, 0.3) is 16.5 Å². The summed E-state index contributed by atoms with van der Waals surface area (Å²) < 4.78 is 0. The highest BCUT2D eigenvalue weighted by Gasteiger charge is 2.14. The standard InChI is InChI=1S/C10H6S4/c1-3-11-5-7(1)9-10-8(6-12-9)2-4-13-14-10/h1-6H. The molecule has 2 aromatic heterocycles. The third kappa shape index (κ3) is 1.46. The lowest BCUT2D eigenvalue weighted by atomic mass is 10.2. The van der Waals surface area contributed by atoms with E-state index in [-0.39, 0.29) is 0 Å². The van der Waals surface area contributed by atoms with Crippen LogP contribution in [0.3, 0.4) is 0 Å². The van der Waals surface area contributed by atoms with Crippen LogP contribution in [0.15, 0.2) is 32.5 Å². The molecule has 0 aliphatic carbocycles. The zero-order valence-corrected chi connectivity index (χ0v) is 10.4. The van der Waals surface area contributed by atoms with Crippen LogP contribution in [0.5, 0.6) is 0 Å². The van der Waals surface area contributed by atoms with Gasteiger partial charge in [0.15, 0.2) is 0 Å². The van der Waals surface area contributed by atoms with Crippen LogP contribution in [0.2, 0.25) is 0 Å². The zero-order valence-electron chi connectivity index (χ0n) is 7.10. The molecule has 0 radical (unpaired) electrons. The Morgan fingerprint density at radius 1 is 1.14 bits per heavy atom. The Morgan fingerprint density at radius 3 is 3.00 bits per heavy atom. The lowest BCUT2D eigenvalue weighted by Crippen LogP contribution is -1.75. The van der Waals surface area contributed by atoms with Crippen LogP contribution in [-0.4, -0.2) is 0 Å². The van der Waals surface area contributed by atoms with Crippen molar-refractivity contribution in [3.8, 4) is 10.4 Å². The number of fused-ring (bicyclic) bond motifs is 1. The van der Waals surface area contributed by atoms with E-state index in [9.17, 15) is 0 Å². The van der Waals surface area contributed by atoms with Gasteiger partial charge in [-0.2, -0.15) is 11.3 Å². The Hall–Kier alpha value is -0.160. The molecule has 0 bridgehead atoms. The molecule has 1 aliphatic heterocycles. The van der Waals surface area contributed by atoms with Crippen LogP contribution >= 0.6 is 44.3 Å². The van der Waals surface area contributed by atoms with Crippen molar-refractivity contribution in [1.29, 1.82) is 0 Å². The van der Waals surface area contributed by atoms with Crippen LogP contribution in [-0.2, 0) is 0 Å². The molecule has 3 heterocycles. The third-order valence-electron chi connectivity index (χ3n) is 1.99. The summed E-state index contributed by atoms with van der Waals surface area (Å²) in [5, 5.41) is 8.75. The molecule has 4 heteroatoms. The molecule has 0 amide bonds. The first-order chi connectivity index (χ1) is 6.95. The molecular formula is C10H6S4. The highest BCUT2D eigenvalue weighted by Crippen LogP contribution is 2.48. The zero-order chi connectivity index (χ0) is 9.38. The molecule has 0 fully saturated rings. The minimum Gasteiger partial charge on any atom is -0.152 e. The Morgan fingerprint density at radius 2 is 2.14 bits per heavy atom. The van der Waals surface area contributed by atoms with Crippen molar-refractivity contribution in [2.24, 2.45) is 0 Å². The largest absolute Gasteiger partial charge is 0.152 e. The van der Waals surface area contributed by atoms with Gasteiger partial charge in [0.1, 0.15) is 0 Å². The second-order valence-electron chi connectivity index (χ2n) is 2.84. The van der Waals surface area contributed by atoms with Gasteiger partial charge in [0.25, 0.3) is 0 Å².